The van der Waals surface area contributed by atoms with Crippen LogP contribution in [0.5, 0.6) is 11.5 Å². The first-order valence-electron chi connectivity index (χ1n) is 10.4. The molecule has 3 aromatic rings. The van der Waals surface area contributed by atoms with Gasteiger partial charge in [-0.2, -0.15) is 0 Å². The molecule has 1 atom stereocenters. The Bertz CT molecular complexity index is 1050. The maximum atomic E-state index is 12.4. The Kier molecular flexibility index (Phi) is 7.49. The zero-order valence-electron chi connectivity index (χ0n) is 18.1. The Morgan fingerprint density at radius 1 is 0.839 bits per heavy atom. The van der Waals surface area contributed by atoms with Crippen molar-refractivity contribution in [3.05, 3.63) is 72.3 Å². The monoisotopic (exact) mass is 420 g/mol. The molecule has 162 valence electrons. The van der Waals surface area contributed by atoms with Gasteiger partial charge >= 0.3 is 0 Å². The average molecular weight is 421 g/mol. The molecule has 0 aliphatic carbocycles. The van der Waals surface area contributed by atoms with Crippen molar-refractivity contribution in [3.8, 4) is 11.5 Å². The molecule has 0 aliphatic rings. The number of nitrogens with one attached hydrogen (secondary N) is 2. The van der Waals surface area contributed by atoms with Crippen LogP contribution in [0.25, 0.3) is 10.8 Å². The van der Waals surface area contributed by atoms with Crippen LogP contribution in [0.4, 0.5) is 0 Å². The predicted octanol–water partition coefficient (Wildman–Crippen LogP) is 4.49. The van der Waals surface area contributed by atoms with Crippen LogP contribution >= 0.6 is 0 Å². The van der Waals surface area contributed by atoms with E-state index in [2.05, 4.69) is 24.7 Å². The molecule has 0 fully saturated rings. The van der Waals surface area contributed by atoms with Gasteiger partial charge in [0.1, 0.15) is 11.5 Å². The first-order chi connectivity index (χ1) is 14.9. The summed E-state index contributed by atoms with van der Waals surface area (Å²) in [6, 6.07) is 20.4. The number of rotatable bonds is 8. The molecule has 6 heteroatoms. The Morgan fingerprint density at radius 2 is 1.61 bits per heavy atom. The molecule has 0 bridgehead atoms. The van der Waals surface area contributed by atoms with Crippen molar-refractivity contribution in [1.29, 1.82) is 0 Å². The van der Waals surface area contributed by atoms with E-state index < -0.39 is 17.9 Å². The van der Waals surface area contributed by atoms with Gasteiger partial charge in [-0.05, 0) is 60.4 Å². The number of hydrogen-bond acceptors (Lipinski definition) is 4. The van der Waals surface area contributed by atoms with Crippen molar-refractivity contribution >= 4 is 22.6 Å². The van der Waals surface area contributed by atoms with Crippen LogP contribution in [0, 0.1) is 5.92 Å². The fourth-order valence-corrected chi connectivity index (χ4v) is 2.93. The van der Waals surface area contributed by atoms with E-state index in [4.69, 9.17) is 9.47 Å². The van der Waals surface area contributed by atoms with E-state index in [9.17, 15) is 9.59 Å². The lowest BCUT2D eigenvalue weighted by atomic mass is 10.1. The van der Waals surface area contributed by atoms with Crippen LogP contribution in [-0.4, -0.2) is 24.5 Å². The lowest BCUT2D eigenvalue weighted by Crippen LogP contribution is -2.47. The second kappa shape index (κ2) is 10.5. The first-order valence-corrected chi connectivity index (χ1v) is 10.4. The Morgan fingerprint density at radius 3 is 2.39 bits per heavy atom. The molecule has 0 spiro atoms. The van der Waals surface area contributed by atoms with Crippen LogP contribution in [0.15, 0.2) is 66.7 Å². The molecular formula is C25H28N2O4. The summed E-state index contributed by atoms with van der Waals surface area (Å²) < 4.78 is 11.4. The van der Waals surface area contributed by atoms with Gasteiger partial charge in [0.2, 0.25) is 0 Å². The van der Waals surface area contributed by atoms with Gasteiger partial charge in [0.05, 0.1) is 6.61 Å². The predicted molar refractivity (Wildman–Crippen MR) is 121 cm³/mol. The van der Waals surface area contributed by atoms with Crippen molar-refractivity contribution in [2.45, 2.75) is 33.3 Å². The normalized spacial score (nSPS) is 11.7. The molecule has 0 radical (unpaired) electrons. The van der Waals surface area contributed by atoms with Crippen molar-refractivity contribution < 1.29 is 19.1 Å². The fraction of sp³-hybridized carbons (Fsp3) is 0.280. The number of benzene rings is 3. The second-order valence-electron chi connectivity index (χ2n) is 7.77. The van der Waals surface area contributed by atoms with Gasteiger partial charge in [-0.25, -0.2) is 0 Å². The lowest BCUT2D eigenvalue weighted by molar-refractivity contribution is -0.128. The molecule has 0 saturated heterocycles. The van der Waals surface area contributed by atoms with Gasteiger partial charge < -0.3 is 9.47 Å². The quantitative estimate of drug-likeness (QED) is 0.527. The topological polar surface area (TPSA) is 76.7 Å². The van der Waals surface area contributed by atoms with E-state index in [1.165, 1.54) is 0 Å². The average Bonchev–Trinajstić information content (AvgIpc) is 2.77. The van der Waals surface area contributed by atoms with Gasteiger partial charge in [0.15, 0.2) is 6.10 Å². The molecule has 0 heterocycles. The standard InChI is InChI=1S/C25H28N2O4/c1-17(2)13-14-30-22-10-6-9-21(16-22)25(29)27-26-24(28)18(3)31-23-12-11-19-7-4-5-8-20(19)15-23/h4-12,15-18H,13-14H2,1-3H3,(H,26,28)(H,27,29). The van der Waals surface area contributed by atoms with Crippen molar-refractivity contribution in [1.82, 2.24) is 10.9 Å². The van der Waals surface area contributed by atoms with Crippen molar-refractivity contribution in [2.75, 3.05) is 6.61 Å². The maximum Gasteiger partial charge on any atom is 0.279 e. The molecule has 2 N–H and O–H groups in total. The zero-order chi connectivity index (χ0) is 22.2. The number of fused-ring (bicyclic) bond motifs is 1. The highest BCUT2D eigenvalue weighted by molar-refractivity contribution is 5.96. The SMILES string of the molecule is CC(C)CCOc1cccc(C(=O)NNC(=O)C(C)Oc2ccc3ccccc3c2)c1. The molecule has 6 nitrogen and oxygen atoms in total. The third kappa shape index (κ3) is 6.47. The minimum Gasteiger partial charge on any atom is -0.494 e. The Balaban J connectivity index is 1.51. The van der Waals surface area contributed by atoms with E-state index in [-0.39, 0.29) is 0 Å². The zero-order valence-corrected chi connectivity index (χ0v) is 18.1. The largest absolute Gasteiger partial charge is 0.494 e. The highest BCUT2D eigenvalue weighted by Gasteiger charge is 2.16. The van der Waals surface area contributed by atoms with Crippen molar-refractivity contribution in [2.24, 2.45) is 5.92 Å². The van der Waals surface area contributed by atoms with Crippen LogP contribution in [0.1, 0.15) is 37.6 Å². The first kappa shape index (κ1) is 22.2. The molecule has 1 unspecified atom stereocenters. The summed E-state index contributed by atoms with van der Waals surface area (Å²) in [5.41, 5.74) is 5.23. The number of ether oxygens (including phenoxy) is 2. The smallest absolute Gasteiger partial charge is 0.279 e. The third-order valence-electron chi connectivity index (χ3n) is 4.76. The minimum absolute atomic E-state index is 0.394. The van der Waals surface area contributed by atoms with Gasteiger partial charge in [0.25, 0.3) is 11.8 Å². The molecule has 2 amide bonds. The summed E-state index contributed by atoms with van der Waals surface area (Å²) in [7, 11) is 0. The fourth-order valence-electron chi connectivity index (χ4n) is 2.93. The number of carbonyl (C=O) groups is 2. The lowest BCUT2D eigenvalue weighted by Gasteiger charge is -2.16. The summed E-state index contributed by atoms with van der Waals surface area (Å²) in [5, 5.41) is 2.12. The molecule has 3 aromatic carbocycles. The van der Waals surface area contributed by atoms with Crippen molar-refractivity contribution in [3.63, 3.8) is 0 Å². The number of hydrazine groups is 1. The van der Waals surface area contributed by atoms with Gasteiger partial charge in [-0.3, -0.25) is 20.4 Å². The van der Waals surface area contributed by atoms with E-state index >= 15 is 0 Å². The third-order valence-corrected chi connectivity index (χ3v) is 4.76. The summed E-state index contributed by atoms with van der Waals surface area (Å²) in [6.45, 7) is 6.46. The van der Waals surface area contributed by atoms with Crippen LogP contribution in [0.2, 0.25) is 0 Å². The summed E-state index contributed by atoms with van der Waals surface area (Å²) in [5.74, 6) is 0.860. The van der Waals surface area contributed by atoms with Crippen LogP contribution in [0.3, 0.4) is 0 Å². The van der Waals surface area contributed by atoms with Crippen LogP contribution in [-0.2, 0) is 4.79 Å². The molecule has 3 rings (SSSR count). The van der Waals surface area contributed by atoms with Gasteiger partial charge in [-0.15, -0.1) is 0 Å². The van der Waals surface area contributed by atoms with E-state index in [0.717, 1.165) is 17.2 Å². The molecular weight excluding hydrogens is 392 g/mol. The number of amides is 2. The highest BCUT2D eigenvalue weighted by atomic mass is 16.5. The van der Waals surface area contributed by atoms with Gasteiger partial charge in [-0.1, -0.05) is 50.2 Å². The Labute approximate surface area is 182 Å². The van der Waals surface area contributed by atoms with E-state index in [1.807, 2.05) is 42.5 Å². The molecule has 0 saturated carbocycles. The van der Waals surface area contributed by atoms with E-state index in [0.29, 0.717) is 29.6 Å². The number of hydrogen-bond donors (Lipinski definition) is 2. The minimum atomic E-state index is -0.785. The molecule has 0 aliphatic heterocycles. The Hall–Kier alpha value is -3.54. The summed E-state index contributed by atoms with van der Waals surface area (Å²) >= 11 is 0. The maximum absolute atomic E-state index is 12.4. The molecule has 31 heavy (non-hydrogen) atoms. The van der Waals surface area contributed by atoms with Crippen LogP contribution < -0.4 is 20.3 Å². The van der Waals surface area contributed by atoms with Gasteiger partial charge in [0, 0.05) is 5.56 Å². The molecule has 0 aromatic heterocycles. The summed E-state index contributed by atoms with van der Waals surface area (Å²) in [6.07, 6.45) is 0.147. The van der Waals surface area contributed by atoms with E-state index in [1.54, 1.807) is 31.2 Å². The summed E-state index contributed by atoms with van der Waals surface area (Å²) in [4.78, 5) is 24.7. The second-order valence-corrected chi connectivity index (χ2v) is 7.77. The number of carbonyl (C=O) groups excluding carboxylic acids is 2. The highest BCUT2D eigenvalue weighted by Crippen LogP contribution is 2.21.